The molecule has 8 nitrogen and oxygen atoms in total. The Morgan fingerprint density at radius 1 is 1.40 bits per heavy atom. The van der Waals surface area contributed by atoms with Crippen molar-refractivity contribution in [1.29, 1.82) is 0 Å². The number of aromatic nitrogens is 2. The van der Waals surface area contributed by atoms with Gasteiger partial charge in [0.2, 0.25) is 0 Å². The Hall–Kier alpha value is -2.68. The molecule has 1 fully saturated rings. The number of hydrogen-bond acceptors (Lipinski definition) is 5. The number of ether oxygens (including phenoxy) is 1. The summed E-state index contributed by atoms with van der Waals surface area (Å²) in [7, 11) is 0. The van der Waals surface area contributed by atoms with Gasteiger partial charge in [-0.05, 0) is 45.7 Å². The fourth-order valence-electron chi connectivity index (χ4n) is 4.48. The van der Waals surface area contributed by atoms with Crippen molar-refractivity contribution in [2.24, 2.45) is 5.92 Å². The first-order valence-corrected chi connectivity index (χ1v) is 10.2. The number of rotatable bonds is 4. The Balaban J connectivity index is 1.51. The van der Waals surface area contributed by atoms with Crippen LogP contribution in [-0.4, -0.2) is 68.9 Å². The topological polar surface area (TPSA) is 87.9 Å². The molecular formula is C21H27FN4O4. The van der Waals surface area contributed by atoms with Gasteiger partial charge in [-0.3, -0.25) is 14.3 Å². The average Bonchev–Trinajstić information content (AvgIpc) is 3.11. The number of carbonyl (C=O) groups is 1. The maximum atomic E-state index is 14.2. The third-order valence-electron chi connectivity index (χ3n) is 5.96. The number of nitrogens with zero attached hydrogens (tertiary/aromatic N) is 4. The van der Waals surface area contributed by atoms with E-state index in [-0.39, 0.29) is 29.9 Å². The molecule has 4 heterocycles. The quantitative estimate of drug-likeness (QED) is 0.821. The zero-order valence-corrected chi connectivity index (χ0v) is 17.5. The monoisotopic (exact) mass is 418 g/mol. The minimum Gasteiger partial charge on any atom is -0.486 e. The molecular weight excluding hydrogens is 391 g/mol. The van der Waals surface area contributed by atoms with Gasteiger partial charge in [0.1, 0.15) is 12.1 Å². The van der Waals surface area contributed by atoms with Gasteiger partial charge in [0.05, 0.1) is 17.8 Å². The zero-order valence-electron chi connectivity index (χ0n) is 17.5. The molecule has 1 N–H and O–H groups in total. The smallest absolute Gasteiger partial charge is 0.407 e. The lowest BCUT2D eigenvalue weighted by atomic mass is 10.0. The summed E-state index contributed by atoms with van der Waals surface area (Å²) in [6.45, 7) is 8.50. The second kappa shape index (κ2) is 7.54. The van der Waals surface area contributed by atoms with Gasteiger partial charge in [-0.1, -0.05) is 0 Å². The van der Waals surface area contributed by atoms with Gasteiger partial charge >= 0.3 is 6.09 Å². The minimum atomic E-state index is -0.911. The summed E-state index contributed by atoms with van der Waals surface area (Å²) in [6.07, 6.45) is 1.09. The Labute approximate surface area is 173 Å². The molecule has 0 spiro atoms. The van der Waals surface area contributed by atoms with Crippen LogP contribution in [0.15, 0.2) is 23.1 Å². The Morgan fingerprint density at radius 3 is 2.87 bits per heavy atom. The van der Waals surface area contributed by atoms with E-state index in [1.54, 1.807) is 10.6 Å². The minimum absolute atomic E-state index is 0.0792. The predicted octanol–water partition coefficient (Wildman–Crippen LogP) is 2.57. The second-order valence-electron chi connectivity index (χ2n) is 9.15. The van der Waals surface area contributed by atoms with Crippen LogP contribution in [0.1, 0.15) is 33.2 Å². The summed E-state index contributed by atoms with van der Waals surface area (Å²) in [6, 6.07) is 2.78. The normalized spacial score (nSPS) is 21.6. The molecule has 4 rings (SSSR count). The van der Waals surface area contributed by atoms with Crippen molar-refractivity contribution >= 4 is 17.1 Å². The van der Waals surface area contributed by atoms with Gasteiger partial charge in [0.15, 0.2) is 11.6 Å². The third-order valence-corrected chi connectivity index (χ3v) is 5.96. The molecule has 2 aromatic heterocycles. The lowest BCUT2D eigenvalue weighted by Gasteiger charge is -2.35. The van der Waals surface area contributed by atoms with E-state index in [2.05, 4.69) is 9.88 Å². The third kappa shape index (κ3) is 3.74. The SMILES string of the molecule is CC(C)(C)N(C[C@@H]1CCN(C[C@@H]2COc3c(F)cnc4ccc(=O)n2c34)C1)C(=O)O. The van der Waals surface area contributed by atoms with Crippen LogP contribution >= 0.6 is 0 Å². The number of halogens is 1. The first kappa shape index (κ1) is 20.6. The maximum Gasteiger partial charge on any atom is 0.407 e. The van der Waals surface area contributed by atoms with Gasteiger partial charge in [0.25, 0.3) is 5.56 Å². The number of carboxylic acid groups (broad SMARTS) is 1. The lowest BCUT2D eigenvalue weighted by molar-refractivity contribution is 0.0887. The van der Waals surface area contributed by atoms with E-state index < -0.39 is 17.4 Å². The molecule has 2 aromatic rings. The van der Waals surface area contributed by atoms with E-state index in [1.165, 1.54) is 11.0 Å². The van der Waals surface area contributed by atoms with Gasteiger partial charge in [-0.2, -0.15) is 0 Å². The van der Waals surface area contributed by atoms with E-state index in [4.69, 9.17) is 4.74 Å². The van der Waals surface area contributed by atoms with E-state index in [0.29, 0.717) is 24.1 Å². The highest BCUT2D eigenvalue weighted by molar-refractivity contribution is 5.82. The van der Waals surface area contributed by atoms with Crippen molar-refractivity contribution in [2.45, 2.75) is 38.8 Å². The number of hydrogen-bond donors (Lipinski definition) is 1. The zero-order chi connectivity index (χ0) is 21.6. The Bertz CT molecular complexity index is 1030. The van der Waals surface area contributed by atoms with E-state index in [0.717, 1.165) is 25.7 Å². The highest BCUT2D eigenvalue weighted by atomic mass is 19.1. The summed E-state index contributed by atoms with van der Waals surface area (Å²) in [4.78, 5) is 32.0. The molecule has 162 valence electrons. The van der Waals surface area contributed by atoms with Crippen molar-refractivity contribution in [3.05, 3.63) is 34.5 Å². The van der Waals surface area contributed by atoms with Crippen LogP contribution in [0.3, 0.4) is 0 Å². The molecule has 2 aliphatic heterocycles. The predicted molar refractivity (Wildman–Crippen MR) is 110 cm³/mol. The van der Waals surface area contributed by atoms with Gasteiger partial charge in [-0.15, -0.1) is 0 Å². The molecule has 9 heteroatoms. The van der Waals surface area contributed by atoms with Crippen molar-refractivity contribution in [2.75, 3.05) is 32.8 Å². The van der Waals surface area contributed by atoms with E-state index in [1.807, 2.05) is 20.8 Å². The first-order valence-electron chi connectivity index (χ1n) is 10.2. The molecule has 1 amide bonds. The van der Waals surface area contributed by atoms with Crippen molar-refractivity contribution in [1.82, 2.24) is 19.4 Å². The summed E-state index contributed by atoms with van der Waals surface area (Å²) >= 11 is 0. The fraction of sp³-hybridized carbons (Fsp3) is 0.571. The largest absolute Gasteiger partial charge is 0.486 e. The van der Waals surface area contributed by atoms with Gasteiger partial charge < -0.3 is 19.6 Å². The average molecular weight is 418 g/mol. The van der Waals surface area contributed by atoms with Crippen molar-refractivity contribution in [3.8, 4) is 5.75 Å². The molecule has 2 atom stereocenters. The summed E-state index contributed by atoms with van der Waals surface area (Å²) in [5.41, 5.74) is 0.266. The van der Waals surface area contributed by atoms with E-state index >= 15 is 0 Å². The summed E-state index contributed by atoms with van der Waals surface area (Å²) < 4.78 is 21.4. The number of pyridine rings is 2. The molecule has 2 aliphatic rings. The Kier molecular flexibility index (Phi) is 5.17. The van der Waals surface area contributed by atoms with Crippen LogP contribution in [0.4, 0.5) is 9.18 Å². The summed E-state index contributed by atoms with van der Waals surface area (Å²) in [5.74, 6) is -0.267. The molecule has 0 aromatic carbocycles. The molecule has 0 unspecified atom stereocenters. The fourth-order valence-corrected chi connectivity index (χ4v) is 4.48. The van der Waals surface area contributed by atoms with Crippen LogP contribution in [0.2, 0.25) is 0 Å². The van der Waals surface area contributed by atoms with E-state index in [9.17, 15) is 19.1 Å². The van der Waals surface area contributed by atoms with Gasteiger partial charge in [-0.25, -0.2) is 9.18 Å². The Morgan fingerprint density at radius 2 is 2.17 bits per heavy atom. The highest BCUT2D eigenvalue weighted by Crippen LogP contribution is 2.33. The number of amides is 1. The molecule has 0 saturated carbocycles. The first-order chi connectivity index (χ1) is 14.1. The number of likely N-dealkylation sites (tertiary alicyclic amines) is 1. The molecule has 0 aliphatic carbocycles. The molecule has 0 bridgehead atoms. The van der Waals surface area contributed by atoms with Crippen LogP contribution in [0, 0.1) is 11.7 Å². The standard InChI is InChI=1S/C21H27FN4O4/c1-21(2,3)25(20(28)29)10-13-6-7-24(9-13)11-14-12-30-19-15(22)8-23-16-4-5-17(27)26(14)18(16)19/h4-5,8,13-14H,6-7,9-12H2,1-3H3,(H,28,29)/t13-,14-/m1/s1. The highest BCUT2D eigenvalue weighted by Gasteiger charge is 2.34. The molecule has 0 radical (unpaired) electrons. The maximum absolute atomic E-state index is 14.2. The van der Waals surface area contributed by atoms with Crippen LogP contribution in [-0.2, 0) is 0 Å². The van der Waals surface area contributed by atoms with Crippen molar-refractivity contribution in [3.63, 3.8) is 0 Å². The lowest BCUT2D eigenvalue weighted by Crippen LogP contribution is -2.47. The molecule has 30 heavy (non-hydrogen) atoms. The van der Waals surface area contributed by atoms with Crippen LogP contribution in [0.25, 0.3) is 11.0 Å². The van der Waals surface area contributed by atoms with Crippen molar-refractivity contribution < 1.29 is 19.0 Å². The second-order valence-corrected chi connectivity index (χ2v) is 9.15. The summed E-state index contributed by atoms with van der Waals surface area (Å²) in [5, 5.41) is 9.55. The van der Waals surface area contributed by atoms with Crippen LogP contribution in [0.5, 0.6) is 5.75 Å². The van der Waals surface area contributed by atoms with Crippen LogP contribution < -0.4 is 10.3 Å². The molecule has 1 saturated heterocycles. The van der Waals surface area contributed by atoms with Gasteiger partial charge in [0, 0.05) is 31.2 Å².